The van der Waals surface area contributed by atoms with E-state index in [1.54, 1.807) is 6.20 Å². The number of likely N-dealkylation sites (tertiary alicyclic amines) is 2. The van der Waals surface area contributed by atoms with Crippen LogP contribution in [0.3, 0.4) is 0 Å². The first kappa shape index (κ1) is 21.8. The summed E-state index contributed by atoms with van der Waals surface area (Å²) in [6, 6.07) is 10.8. The highest BCUT2D eigenvalue weighted by molar-refractivity contribution is 5.87. The number of hydrogen-bond donors (Lipinski definition) is 0. The maximum Gasteiger partial charge on any atom is 0.222 e. The molecule has 3 heterocycles. The summed E-state index contributed by atoms with van der Waals surface area (Å²) in [5.74, 6) is 1.58. The molecular weight excluding hydrogens is 384 g/mol. The number of fused-ring (bicyclic) bond motifs is 1. The number of benzene rings is 1. The molecule has 1 aromatic carbocycles. The van der Waals surface area contributed by atoms with E-state index in [4.69, 9.17) is 0 Å². The van der Waals surface area contributed by atoms with Gasteiger partial charge in [0.05, 0.1) is 11.1 Å². The second-order valence-electron chi connectivity index (χ2n) is 9.83. The molecule has 0 unspecified atom stereocenters. The number of amides is 1. The van der Waals surface area contributed by atoms with Gasteiger partial charge in [-0.2, -0.15) is 5.26 Å². The molecule has 31 heavy (non-hydrogen) atoms. The lowest BCUT2D eigenvalue weighted by molar-refractivity contribution is -0.134. The predicted molar refractivity (Wildman–Crippen MR) is 124 cm³/mol. The van der Waals surface area contributed by atoms with Crippen LogP contribution in [-0.2, 0) is 4.79 Å². The number of piperidine rings is 2. The van der Waals surface area contributed by atoms with Gasteiger partial charge in [-0.25, -0.2) is 0 Å². The minimum absolute atomic E-state index is 0.287. The molecule has 0 aliphatic carbocycles. The molecule has 4 rings (SSSR count). The van der Waals surface area contributed by atoms with Crippen LogP contribution in [0.1, 0.15) is 63.5 Å². The third-order valence-electron chi connectivity index (χ3n) is 7.22. The van der Waals surface area contributed by atoms with E-state index in [1.807, 2.05) is 12.1 Å². The summed E-state index contributed by atoms with van der Waals surface area (Å²) in [5, 5.41) is 10.5. The van der Waals surface area contributed by atoms with Gasteiger partial charge in [0, 0.05) is 43.1 Å². The zero-order valence-corrected chi connectivity index (χ0v) is 19.1. The smallest absolute Gasteiger partial charge is 0.222 e. The predicted octanol–water partition coefficient (Wildman–Crippen LogP) is 4.57. The first-order valence-corrected chi connectivity index (χ1v) is 11.8. The van der Waals surface area contributed by atoms with E-state index >= 15 is 0 Å². The Morgan fingerprint density at radius 1 is 1.23 bits per heavy atom. The molecule has 5 heteroatoms. The number of nitriles is 1. The van der Waals surface area contributed by atoms with Crippen LogP contribution in [0.5, 0.6) is 0 Å². The largest absolute Gasteiger partial charge is 0.342 e. The van der Waals surface area contributed by atoms with Gasteiger partial charge in [-0.05, 0) is 75.7 Å². The maximum absolute atomic E-state index is 13.2. The van der Waals surface area contributed by atoms with E-state index in [0.717, 1.165) is 56.3 Å². The quantitative estimate of drug-likeness (QED) is 0.730. The molecule has 0 saturated carbocycles. The van der Waals surface area contributed by atoms with Crippen molar-refractivity contribution in [2.45, 2.75) is 58.4 Å². The van der Waals surface area contributed by atoms with Crippen LogP contribution in [0.25, 0.3) is 10.9 Å². The van der Waals surface area contributed by atoms with Crippen LogP contribution in [0.15, 0.2) is 30.5 Å². The summed E-state index contributed by atoms with van der Waals surface area (Å²) >= 11 is 0. The maximum atomic E-state index is 13.2. The van der Waals surface area contributed by atoms with Crippen LogP contribution in [0.2, 0.25) is 0 Å². The molecule has 0 spiro atoms. The molecule has 0 bridgehead atoms. The van der Waals surface area contributed by atoms with Gasteiger partial charge in [0.15, 0.2) is 0 Å². The van der Waals surface area contributed by atoms with E-state index in [9.17, 15) is 10.1 Å². The summed E-state index contributed by atoms with van der Waals surface area (Å²) < 4.78 is 0. The second-order valence-corrected chi connectivity index (χ2v) is 9.83. The number of carbonyl (C=O) groups is 1. The molecule has 2 atom stereocenters. The molecule has 2 aliphatic heterocycles. The molecule has 0 N–H and O–H groups in total. The minimum Gasteiger partial charge on any atom is -0.342 e. The number of aromatic nitrogens is 1. The van der Waals surface area contributed by atoms with Gasteiger partial charge < -0.3 is 9.80 Å². The van der Waals surface area contributed by atoms with Crippen LogP contribution in [0.4, 0.5) is 0 Å². The van der Waals surface area contributed by atoms with Crippen molar-refractivity contribution >= 4 is 16.8 Å². The van der Waals surface area contributed by atoms with Crippen molar-refractivity contribution in [3.05, 3.63) is 41.6 Å². The Balaban J connectivity index is 1.47. The van der Waals surface area contributed by atoms with Gasteiger partial charge in [0.1, 0.15) is 6.07 Å². The van der Waals surface area contributed by atoms with Crippen molar-refractivity contribution in [3.8, 4) is 6.07 Å². The highest BCUT2D eigenvalue weighted by Gasteiger charge is 2.31. The normalized spacial score (nSPS) is 23.3. The zero-order valence-electron chi connectivity index (χ0n) is 19.1. The number of carbonyl (C=O) groups excluding carboxylic acids is 1. The Labute approximate surface area is 186 Å². The lowest BCUT2D eigenvalue weighted by atomic mass is 9.82. The van der Waals surface area contributed by atoms with E-state index in [2.05, 4.69) is 53.8 Å². The molecule has 2 fully saturated rings. The third kappa shape index (κ3) is 4.75. The summed E-state index contributed by atoms with van der Waals surface area (Å²) in [6.07, 6.45) is 5.75. The fourth-order valence-corrected chi connectivity index (χ4v) is 5.47. The third-order valence-corrected chi connectivity index (χ3v) is 7.22. The van der Waals surface area contributed by atoms with E-state index in [0.29, 0.717) is 35.8 Å². The molecule has 1 amide bonds. The minimum atomic E-state index is 0.287. The molecule has 2 aromatic rings. The van der Waals surface area contributed by atoms with E-state index in [1.165, 1.54) is 5.56 Å². The lowest BCUT2D eigenvalue weighted by Gasteiger charge is -2.39. The molecule has 1 aromatic heterocycles. The van der Waals surface area contributed by atoms with Crippen LogP contribution in [-0.4, -0.2) is 52.9 Å². The average molecular weight is 419 g/mol. The standard InChI is InChI=1S/C26H34N4O/c1-18(2)29-11-8-20(9-12-29)14-25(31)30-16-19(3)13-22(17-30)23-7-6-21(15-27)26-24(23)5-4-10-28-26/h4-7,10,18-20,22H,8-9,11-14,16-17H2,1-3H3/t19-,22+/m1/s1. The van der Waals surface area contributed by atoms with Gasteiger partial charge in [0.2, 0.25) is 5.91 Å². The molecule has 2 aliphatic rings. The van der Waals surface area contributed by atoms with Crippen molar-refractivity contribution in [1.82, 2.24) is 14.8 Å². The topological polar surface area (TPSA) is 60.2 Å². The highest BCUT2D eigenvalue weighted by atomic mass is 16.2. The van der Waals surface area contributed by atoms with Crippen molar-refractivity contribution in [3.63, 3.8) is 0 Å². The fourth-order valence-electron chi connectivity index (χ4n) is 5.47. The molecular formula is C26H34N4O. The van der Waals surface area contributed by atoms with Gasteiger partial charge in [-0.15, -0.1) is 0 Å². The summed E-state index contributed by atoms with van der Waals surface area (Å²) in [5.41, 5.74) is 2.61. The SMILES string of the molecule is CC(C)N1CCC(CC(=O)N2C[C@H](C)C[C@H](c3ccc(C#N)c4ncccc34)C2)CC1. The van der Waals surface area contributed by atoms with Crippen molar-refractivity contribution in [1.29, 1.82) is 5.26 Å². The van der Waals surface area contributed by atoms with Crippen molar-refractivity contribution < 1.29 is 4.79 Å². The van der Waals surface area contributed by atoms with Gasteiger partial charge in [0.25, 0.3) is 0 Å². The van der Waals surface area contributed by atoms with Crippen LogP contribution < -0.4 is 0 Å². The van der Waals surface area contributed by atoms with E-state index in [-0.39, 0.29) is 5.92 Å². The van der Waals surface area contributed by atoms with Gasteiger partial charge >= 0.3 is 0 Å². The monoisotopic (exact) mass is 418 g/mol. The number of pyridine rings is 1. The number of rotatable bonds is 4. The molecule has 2 saturated heterocycles. The first-order valence-electron chi connectivity index (χ1n) is 11.8. The Bertz CT molecular complexity index is 971. The van der Waals surface area contributed by atoms with Crippen LogP contribution in [0, 0.1) is 23.2 Å². The lowest BCUT2D eigenvalue weighted by Crippen LogP contribution is -2.44. The van der Waals surface area contributed by atoms with Gasteiger partial charge in [-0.1, -0.05) is 19.1 Å². The fraction of sp³-hybridized carbons (Fsp3) is 0.577. The van der Waals surface area contributed by atoms with Crippen molar-refractivity contribution in [2.24, 2.45) is 11.8 Å². The average Bonchev–Trinajstić information content (AvgIpc) is 2.78. The van der Waals surface area contributed by atoms with Gasteiger partial charge in [-0.3, -0.25) is 9.78 Å². The summed E-state index contributed by atoms with van der Waals surface area (Å²) in [4.78, 5) is 22.3. The second kappa shape index (κ2) is 9.36. The zero-order chi connectivity index (χ0) is 22.0. The summed E-state index contributed by atoms with van der Waals surface area (Å²) in [6.45, 7) is 10.6. The highest BCUT2D eigenvalue weighted by Crippen LogP contribution is 2.35. The number of hydrogen-bond acceptors (Lipinski definition) is 4. The molecule has 5 nitrogen and oxygen atoms in total. The van der Waals surface area contributed by atoms with Crippen molar-refractivity contribution in [2.75, 3.05) is 26.2 Å². The Kier molecular flexibility index (Phi) is 6.57. The first-order chi connectivity index (χ1) is 15.0. The Morgan fingerprint density at radius 2 is 2.00 bits per heavy atom. The van der Waals surface area contributed by atoms with E-state index < -0.39 is 0 Å². The number of nitrogens with zero attached hydrogens (tertiary/aromatic N) is 4. The molecule has 164 valence electrons. The molecule has 0 radical (unpaired) electrons. The Hall–Kier alpha value is -2.45. The summed E-state index contributed by atoms with van der Waals surface area (Å²) in [7, 11) is 0. The Morgan fingerprint density at radius 3 is 2.71 bits per heavy atom. The van der Waals surface area contributed by atoms with Crippen LogP contribution >= 0.6 is 0 Å².